The highest BCUT2D eigenvalue weighted by molar-refractivity contribution is 5.67. The summed E-state index contributed by atoms with van der Waals surface area (Å²) in [5, 5.41) is 9.83. The maximum Gasteiger partial charge on any atom is 0.410 e. The third-order valence-corrected chi connectivity index (χ3v) is 1.83. The van der Waals surface area contributed by atoms with Gasteiger partial charge in [-0.2, -0.15) is 5.26 Å². The fraction of sp³-hybridized carbons (Fsp3) is 0.778. The SMILES string of the molecule is CC.N#CCOC(=O)N1CCN(N)CC1. The number of nitrogens with two attached hydrogens (primary N) is 1. The van der Waals surface area contributed by atoms with E-state index in [0.717, 1.165) is 0 Å². The van der Waals surface area contributed by atoms with E-state index in [0.29, 0.717) is 26.2 Å². The molecule has 1 aliphatic rings. The van der Waals surface area contributed by atoms with Crippen LogP contribution in [0.1, 0.15) is 13.8 Å². The molecule has 1 saturated heterocycles. The fourth-order valence-electron chi connectivity index (χ4n) is 1.09. The molecule has 0 bridgehead atoms. The Balaban J connectivity index is 0.000000921. The van der Waals surface area contributed by atoms with Gasteiger partial charge < -0.3 is 9.64 Å². The van der Waals surface area contributed by atoms with Crippen molar-refractivity contribution in [1.29, 1.82) is 5.26 Å². The van der Waals surface area contributed by atoms with Crippen molar-refractivity contribution in [2.75, 3.05) is 32.8 Å². The summed E-state index contributed by atoms with van der Waals surface area (Å²) in [5.74, 6) is 5.50. The number of carbonyl (C=O) groups is 1. The fourth-order valence-corrected chi connectivity index (χ4v) is 1.09. The number of nitrogens with zero attached hydrogens (tertiary/aromatic N) is 3. The number of hydrogen-bond donors (Lipinski definition) is 1. The van der Waals surface area contributed by atoms with Gasteiger partial charge in [-0.15, -0.1) is 0 Å². The van der Waals surface area contributed by atoms with Gasteiger partial charge in [-0.05, 0) is 0 Å². The molecule has 1 rings (SSSR count). The van der Waals surface area contributed by atoms with Gasteiger partial charge in [-0.1, -0.05) is 13.8 Å². The van der Waals surface area contributed by atoms with E-state index < -0.39 is 6.09 Å². The van der Waals surface area contributed by atoms with Crippen LogP contribution < -0.4 is 5.84 Å². The first-order valence-corrected chi connectivity index (χ1v) is 5.02. The molecule has 1 amide bonds. The summed E-state index contributed by atoms with van der Waals surface area (Å²) in [6.07, 6.45) is -0.436. The number of carbonyl (C=O) groups excluding carboxylic acids is 1. The monoisotopic (exact) mass is 214 g/mol. The number of nitriles is 1. The second-order valence-electron chi connectivity index (χ2n) is 2.74. The number of piperazine rings is 1. The van der Waals surface area contributed by atoms with Gasteiger partial charge in [-0.3, -0.25) is 5.84 Å². The first-order chi connectivity index (χ1) is 7.24. The summed E-state index contributed by atoms with van der Waals surface area (Å²) in [6, 6.07) is 1.74. The van der Waals surface area contributed by atoms with Crippen LogP contribution in [-0.4, -0.2) is 48.8 Å². The largest absolute Gasteiger partial charge is 0.434 e. The lowest BCUT2D eigenvalue weighted by Crippen LogP contribution is -2.51. The Morgan fingerprint density at radius 3 is 2.40 bits per heavy atom. The van der Waals surface area contributed by atoms with E-state index in [2.05, 4.69) is 4.74 Å². The van der Waals surface area contributed by atoms with Crippen LogP contribution in [0.4, 0.5) is 4.79 Å². The van der Waals surface area contributed by atoms with Crippen LogP contribution in [0.3, 0.4) is 0 Å². The summed E-state index contributed by atoms with van der Waals surface area (Å²) in [6.45, 7) is 6.20. The zero-order chi connectivity index (χ0) is 11.7. The van der Waals surface area contributed by atoms with Crippen molar-refractivity contribution in [1.82, 2.24) is 9.91 Å². The molecule has 2 N–H and O–H groups in total. The van der Waals surface area contributed by atoms with E-state index in [4.69, 9.17) is 11.1 Å². The molecular weight excluding hydrogens is 196 g/mol. The standard InChI is InChI=1S/C7H12N4O2.C2H6/c8-1-6-13-7(12)10-2-4-11(9)5-3-10;1-2/h2-6,9H2;1-2H3. The lowest BCUT2D eigenvalue weighted by atomic mass is 10.4. The van der Waals surface area contributed by atoms with Crippen LogP contribution in [0, 0.1) is 11.3 Å². The highest BCUT2D eigenvalue weighted by Crippen LogP contribution is 1.99. The van der Waals surface area contributed by atoms with E-state index >= 15 is 0 Å². The topological polar surface area (TPSA) is 82.6 Å². The zero-order valence-corrected chi connectivity index (χ0v) is 9.27. The van der Waals surface area contributed by atoms with Crippen molar-refractivity contribution < 1.29 is 9.53 Å². The first kappa shape index (κ1) is 13.7. The van der Waals surface area contributed by atoms with Crippen molar-refractivity contribution in [3.63, 3.8) is 0 Å². The lowest BCUT2D eigenvalue weighted by molar-refractivity contribution is 0.0843. The Kier molecular flexibility index (Phi) is 7.32. The molecule has 6 nitrogen and oxygen atoms in total. The number of hydrogen-bond acceptors (Lipinski definition) is 5. The molecule has 0 aromatic carbocycles. The minimum absolute atomic E-state index is 0.193. The molecule has 0 aliphatic carbocycles. The van der Waals surface area contributed by atoms with Gasteiger partial charge >= 0.3 is 6.09 Å². The number of rotatable bonds is 1. The Hall–Kier alpha value is -1.32. The van der Waals surface area contributed by atoms with Gasteiger partial charge in [0.25, 0.3) is 0 Å². The smallest absolute Gasteiger partial charge is 0.410 e. The van der Waals surface area contributed by atoms with Gasteiger partial charge in [0.2, 0.25) is 0 Å². The van der Waals surface area contributed by atoms with Gasteiger partial charge in [0, 0.05) is 26.2 Å². The van der Waals surface area contributed by atoms with Crippen molar-refractivity contribution in [3.8, 4) is 6.07 Å². The van der Waals surface area contributed by atoms with E-state index in [1.54, 1.807) is 16.0 Å². The predicted molar refractivity (Wildman–Crippen MR) is 55.6 cm³/mol. The molecule has 0 aromatic heterocycles. The van der Waals surface area contributed by atoms with Crippen LogP contribution in [0.25, 0.3) is 0 Å². The molecule has 6 heteroatoms. The van der Waals surface area contributed by atoms with Crippen molar-refractivity contribution in [2.45, 2.75) is 13.8 Å². The van der Waals surface area contributed by atoms with Gasteiger partial charge in [-0.25, -0.2) is 9.80 Å². The van der Waals surface area contributed by atoms with E-state index in [9.17, 15) is 4.79 Å². The molecule has 0 unspecified atom stereocenters. The van der Waals surface area contributed by atoms with Crippen LogP contribution in [0.2, 0.25) is 0 Å². The Morgan fingerprint density at radius 2 is 1.93 bits per heavy atom. The number of amides is 1. The number of hydrazine groups is 1. The molecule has 86 valence electrons. The van der Waals surface area contributed by atoms with Gasteiger partial charge in [0.05, 0.1) is 0 Å². The zero-order valence-electron chi connectivity index (χ0n) is 9.27. The van der Waals surface area contributed by atoms with Crippen LogP contribution in [0.5, 0.6) is 0 Å². The third-order valence-electron chi connectivity index (χ3n) is 1.83. The molecule has 0 aromatic rings. The van der Waals surface area contributed by atoms with Gasteiger partial charge in [0.15, 0.2) is 6.61 Å². The maximum absolute atomic E-state index is 11.2. The summed E-state index contributed by atoms with van der Waals surface area (Å²) < 4.78 is 4.63. The molecule has 0 saturated carbocycles. The molecule has 15 heavy (non-hydrogen) atoms. The molecule has 1 heterocycles. The average Bonchev–Trinajstić information content (AvgIpc) is 2.29. The minimum atomic E-state index is -0.436. The lowest BCUT2D eigenvalue weighted by Gasteiger charge is -2.30. The second kappa shape index (κ2) is 8.03. The van der Waals surface area contributed by atoms with Gasteiger partial charge in [0.1, 0.15) is 6.07 Å². The van der Waals surface area contributed by atoms with E-state index in [-0.39, 0.29) is 6.61 Å². The normalized spacial score (nSPS) is 16.0. The first-order valence-electron chi connectivity index (χ1n) is 5.02. The molecular formula is C9H18N4O2. The van der Waals surface area contributed by atoms with E-state index in [1.807, 2.05) is 13.8 Å². The summed E-state index contributed by atoms with van der Waals surface area (Å²) in [5.41, 5.74) is 0. The van der Waals surface area contributed by atoms with Crippen LogP contribution >= 0.6 is 0 Å². The highest BCUT2D eigenvalue weighted by atomic mass is 16.6. The summed E-state index contributed by atoms with van der Waals surface area (Å²) in [7, 11) is 0. The molecule has 0 spiro atoms. The summed E-state index contributed by atoms with van der Waals surface area (Å²) in [4.78, 5) is 12.7. The second-order valence-corrected chi connectivity index (χ2v) is 2.74. The average molecular weight is 214 g/mol. The maximum atomic E-state index is 11.2. The van der Waals surface area contributed by atoms with Crippen molar-refractivity contribution in [3.05, 3.63) is 0 Å². The Bertz CT molecular complexity index is 219. The number of ether oxygens (including phenoxy) is 1. The Labute approximate surface area is 90.2 Å². The quantitative estimate of drug-likeness (QED) is 0.629. The molecule has 1 fully saturated rings. The van der Waals surface area contributed by atoms with Crippen LogP contribution in [-0.2, 0) is 4.74 Å². The van der Waals surface area contributed by atoms with Crippen LogP contribution in [0.15, 0.2) is 0 Å². The van der Waals surface area contributed by atoms with Crippen molar-refractivity contribution >= 4 is 6.09 Å². The molecule has 0 atom stereocenters. The third kappa shape index (κ3) is 5.20. The van der Waals surface area contributed by atoms with Crippen molar-refractivity contribution in [2.24, 2.45) is 5.84 Å². The Morgan fingerprint density at radius 1 is 1.40 bits per heavy atom. The predicted octanol–water partition coefficient (Wildman–Crippen LogP) is 0.164. The highest BCUT2D eigenvalue weighted by Gasteiger charge is 2.19. The molecule has 0 radical (unpaired) electrons. The van der Waals surface area contributed by atoms with E-state index in [1.165, 1.54) is 0 Å². The molecule has 1 aliphatic heterocycles. The minimum Gasteiger partial charge on any atom is -0.434 e. The summed E-state index contributed by atoms with van der Waals surface area (Å²) >= 11 is 0.